The Labute approximate surface area is 119 Å². The third-order valence-corrected chi connectivity index (χ3v) is 3.33. The van der Waals surface area contributed by atoms with Crippen molar-refractivity contribution in [1.82, 2.24) is 15.3 Å². The second-order valence-corrected chi connectivity index (χ2v) is 4.87. The molecule has 0 radical (unpaired) electrons. The lowest BCUT2D eigenvalue weighted by Gasteiger charge is -2.12. The normalized spacial score (nSPS) is 18.4. The highest BCUT2D eigenvalue weighted by Crippen LogP contribution is 2.22. The van der Waals surface area contributed by atoms with E-state index in [1.165, 1.54) is 6.33 Å². The molecule has 1 aromatic carbocycles. The highest BCUT2D eigenvalue weighted by atomic mass is 35.5. The molecular weight excluding hydrogens is 280 g/mol. The van der Waals surface area contributed by atoms with Crippen LogP contribution in [0.4, 0.5) is 10.5 Å². The first-order chi connectivity index (χ1) is 9.65. The molecule has 1 unspecified atom stereocenters. The molecule has 20 heavy (non-hydrogen) atoms. The molecule has 1 saturated heterocycles. The van der Waals surface area contributed by atoms with Gasteiger partial charge in [0.25, 0.3) is 5.91 Å². The zero-order valence-corrected chi connectivity index (χ0v) is 11.1. The van der Waals surface area contributed by atoms with Gasteiger partial charge in [-0.1, -0.05) is 11.6 Å². The number of H-pyrrole nitrogens is 1. The molecule has 2 heterocycles. The number of anilines is 1. The molecular formula is C13H11ClN4O2. The fraction of sp³-hybridized carbons (Fsp3) is 0.154. The Morgan fingerprint density at radius 3 is 2.65 bits per heavy atom. The SMILES string of the molecule is O=C1NC(Cc2cnc[nH]2)C(=O)N1c1ccc(Cl)cc1. The molecule has 1 aromatic heterocycles. The topological polar surface area (TPSA) is 78.1 Å². The summed E-state index contributed by atoms with van der Waals surface area (Å²) in [6, 6.07) is 5.54. The van der Waals surface area contributed by atoms with Gasteiger partial charge in [-0.25, -0.2) is 14.7 Å². The molecule has 6 nitrogen and oxygen atoms in total. The fourth-order valence-electron chi connectivity index (χ4n) is 2.12. The summed E-state index contributed by atoms with van der Waals surface area (Å²) in [5.74, 6) is -0.285. The summed E-state index contributed by atoms with van der Waals surface area (Å²) in [5, 5.41) is 3.21. The van der Waals surface area contributed by atoms with Gasteiger partial charge in [-0.3, -0.25) is 4.79 Å². The number of rotatable bonds is 3. The molecule has 0 saturated carbocycles. The number of imidazole rings is 1. The Balaban J connectivity index is 1.81. The van der Waals surface area contributed by atoms with E-state index in [1.54, 1.807) is 30.5 Å². The summed E-state index contributed by atoms with van der Waals surface area (Å²) in [5.41, 5.74) is 1.30. The van der Waals surface area contributed by atoms with E-state index in [1.807, 2.05) is 0 Å². The lowest BCUT2D eigenvalue weighted by molar-refractivity contribution is -0.118. The van der Waals surface area contributed by atoms with Crippen molar-refractivity contribution in [3.05, 3.63) is 47.5 Å². The van der Waals surface area contributed by atoms with Gasteiger partial charge in [0.15, 0.2) is 0 Å². The maximum Gasteiger partial charge on any atom is 0.329 e. The van der Waals surface area contributed by atoms with Crippen LogP contribution in [0.15, 0.2) is 36.8 Å². The average Bonchev–Trinajstić information content (AvgIpc) is 3.02. The van der Waals surface area contributed by atoms with E-state index in [-0.39, 0.29) is 5.91 Å². The van der Waals surface area contributed by atoms with Crippen LogP contribution in [-0.2, 0) is 11.2 Å². The van der Waals surface area contributed by atoms with Crippen LogP contribution in [0.25, 0.3) is 0 Å². The summed E-state index contributed by atoms with van der Waals surface area (Å²) >= 11 is 5.80. The highest BCUT2D eigenvalue weighted by Gasteiger charge is 2.39. The van der Waals surface area contributed by atoms with E-state index >= 15 is 0 Å². The minimum atomic E-state index is -0.585. The number of carbonyl (C=O) groups is 2. The molecule has 1 aliphatic heterocycles. The second-order valence-electron chi connectivity index (χ2n) is 4.43. The average molecular weight is 291 g/mol. The van der Waals surface area contributed by atoms with Gasteiger partial charge in [-0.15, -0.1) is 0 Å². The lowest BCUT2D eigenvalue weighted by atomic mass is 10.1. The Morgan fingerprint density at radius 1 is 1.25 bits per heavy atom. The monoisotopic (exact) mass is 290 g/mol. The third-order valence-electron chi connectivity index (χ3n) is 3.08. The maximum atomic E-state index is 12.3. The molecule has 1 aliphatic rings. The smallest absolute Gasteiger partial charge is 0.329 e. The minimum Gasteiger partial charge on any atom is -0.348 e. The molecule has 7 heteroatoms. The number of hydrogen-bond donors (Lipinski definition) is 2. The van der Waals surface area contributed by atoms with Gasteiger partial charge in [0.1, 0.15) is 6.04 Å². The number of urea groups is 1. The number of carbonyl (C=O) groups excluding carboxylic acids is 2. The minimum absolute atomic E-state index is 0.285. The van der Waals surface area contributed by atoms with Gasteiger partial charge in [0, 0.05) is 23.3 Å². The number of halogens is 1. The van der Waals surface area contributed by atoms with Crippen LogP contribution in [0.5, 0.6) is 0 Å². The van der Waals surface area contributed by atoms with Crippen LogP contribution in [-0.4, -0.2) is 27.9 Å². The zero-order valence-electron chi connectivity index (χ0n) is 10.3. The zero-order chi connectivity index (χ0) is 14.1. The van der Waals surface area contributed by atoms with E-state index in [2.05, 4.69) is 15.3 Å². The summed E-state index contributed by atoms with van der Waals surface area (Å²) in [7, 11) is 0. The number of nitrogens with zero attached hydrogens (tertiary/aromatic N) is 2. The molecule has 0 aliphatic carbocycles. The van der Waals surface area contributed by atoms with Crippen LogP contribution in [0.2, 0.25) is 5.02 Å². The highest BCUT2D eigenvalue weighted by molar-refractivity contribution is 6.30. The van der Waals surface area contributed by atoms with Crippen molar-refractivity contribution >= 4 is 29.2 Å². The lowest BCUT2D eigenvalue weighted by Crippen LogP contribution is -2.32. The van der Waals surface area contributed by atoms with Crippen LogP contribution in [0.1, 0.15) is 5.69 Å². The van der Waals surface area contributed by atoms with Crippen molar-refractivity contribution in [2.24, 2.45) is 0 Å². The quantitative estimate of drug-likeness (QED) is 0.845. The van der Waals surface area contributed by atoms with Crippen LogP contribution < -0.4 is 10.2 Å². The summed E-state index contributed by atoms with van der Waals surface area (Å²) < 4.78 is 0. The standard InChI is InChI=1S/C13H11ClN4O2/c14-8-1-3-10(4-2-8)18-12(19)11(17-13(18)20)5-9-6-15-7-16-9/h1-4,6-7,11H,5H2,(H,15,16)(H,17,20). The number of aromatic nitrogens is 2. The molecule has 3 rings (SSSR count). The predicted octanol–water partition coefficient (Wildman–Crippen LogP) is 1.73. The summed E-state index contributed by atoms with van der Waals surface area (Å²) in [6.45, 7) is 0. The number of benzene rings is 1. The molecule has 0 spiro atoms. The molecule has 2 N–H and O–H groups in total. The molecule has 2 aromatic rings. The Morgan fingerprint density at radius 2 is 2.00 bits per heavy atom. The van der Waals surface area contributed by atoms with Crippen LogP contribution >= 0.6 is 11.6 Å². The first kappa shape index (κ1) is 12.7. The summed E-state index contributed by atoms with van der Waals surface area (Å²) in [6.07, 6.45) is 3.55. The van der Waals surface area contributed by atoms with E-state index < -0.39 is 12.1 Å². The van der Waals surface area contributed by atoms with Gasteiger partial charge in [-0.05, 0) is 24.3 Å². The molecule has 102 valence electrons. The number of aromatic amines is 1. The number of imide groups is 1. The van der Waals surface area contributed by atoms with E-state index in [0.717, 1.165) is 10.6 Å². The molecule has 1 fully saturated rings. The first-order valence-corrected chi connectivity index (χ1v) is 6.40. The first-order valence-electron chi connectivity index (χ1n) is 6.02. The van der Waals surface area contributed by atoms with Crippen molar-refractivity contribution in [3.63, 3.8) is 0 Å². The van der Waals surface area contributed by atoms with Gasteiger partial charge in [-0.2, -0.15) is 0 Å². The van der Waals surface area contributed by atoms with Crippen molar-refractivity contribution < 1.29 is 9.59 Å². The second kappa shape index (κ2) is 4.97. The van der Waals surface area contributed by atoms with Crippen LogP contribution in [0, 0.1) is 0 Å². The number of hydrogen-bond acceptors (Lipinski definition) is 3. The Hall–Kier alpha value is -2.34. The summed E-state index contributed by atoms with van der Waals surface area (Å²) in [4.78, 5) is 32.2. The molecule has 0 bridgehead atoms. The van der Waals surface area contributed by atoms with E-state index in [0.29, 0.717) is 17.1 Å². The Kier molecular flexibility index (Phi) is 3.15. The van der Waals surface area contributed by atoms with Gasteiger partial charge in [0.05, 0.1) is 12.0 Å². The fourth-order valence-corrected chi connectivity index (χ4v) is 2.25. The van der Waals surface area contributed by atoms with Crippen molar-refractivity contribution in [2.75, 3.05) is 4.90 Å². The van der Waals surface area contributed by atoms with Crippen molar-refractivity contribution in [3.8, 4) is 0 Å². The number of nitrogens with one attached hydrogen (secondary N) is 2. The Bertz CT molecular complexity index is 639. The number of amides is 3. The van der Waals surface area contributed by atoms with E-state index in [4.69, 9.17) is 11.6 Å². The third kappa shape index (κ3) is 2.25. The van der Waals surface area contributed by atoms with Gasteiger partial charge < -0.3 is 10.3 Å². The van der Waals surface area contributed by atoms with Crippen molar-refractivity contribution in [2.45, 2.75) is 12.5 Å². The van der Waals surface area contributed by atoms with Crippen LogP contribution in [0.3, 0.4) is 0 Å². The van der Waals surface area contributed by atoms with Gasteiger partial charge in [0.2, 0.25) is 0 Å². The molecule has 3 amide bonds. The predicted molar refractivity (Wildman–Crippen MR) is 73.5 cm³/mol. The maximum absolute atomic E-state index is 12.3. The largest absolute Gasteiger partial charge is 0.348 e. The molecule has 1 atom stereocenters. The van der Waals surface area contributed by atoms with Crippen molar-refractivity contribution in [1.29, 1.82) is 0 Å². The van der Waals surface area contributed by atoms with Gasteiger partial charge >= 0.3 is 6.03 Å². The van der Waals surface area contributed by atoms with E-state index in [9.17, 15) is 9.59 Å².